The number of nitrogens with one attached hydrogen (secondary N) is 1. The van der Waals surface area contributed by atoms with E-state index < -0.39 is 20.0 Å². The summed E-state index contributed by atoms with van der Waals surface area (Å²) in [6.45, 7) is 4.62. The van der Waals surface area contributed by atoms with Crippen LogP contribution in [0, 0.1) is 0 Å². The molecule has 0 aliphatic heterocycles. The Hall–Kier alpha value is -3.10. The van der Waals surface area contributed by atoms with Gasteiger partial charge in [0.15, 0.2) is 0 Å². The number of carbonyl (C=O) groups excluding carboxylic acids is 1. The van der Waals surface area contributed by atoms with E-state index in [1.807, 2.05) is 21.1 Å². The summed E-state index contributed by atoms with van der Waals surface area (Å²) in [6, 6.07) is -0.820. The molecular formula is C82H147N2O6P. The number of nitrogens with zero attached hydrogens (tertiary/aromatic N) is 1. The van der Waals surface area contributed by atoms with E-state index in [1.54, 1.807) is 0 Å². The number of hydrogen-bond acceptors (Lipinski definition) is 6. The van der Waals surface area contributed by atoms with Gasteiger partial charge in [0.25, 0.3) is 7.82 Å². The van der Waals surface area contributed by atoms with Crippen LogP contribution in [0.2, 0.25) is 0 Å². The van der Waals surface area contributed by atoms with Gasteiger partial charge in [0, 0.05) is 6.42 Å². The number of phosphoric acid groups is 1. The van der Waals surface area contributed by atoms with Crippen molar-refractivity contribution in [3.8, 4) is 0 Å². The van der Waals surface area contributed by atoms with E-state index in [1.165, 1.54) is 199 Å². The van der Waals surface area contributed by atoms with Gasteiger partial charge >= 0.3 is 0 Å². The lowest BCUT2D eigenvalue weighted by Crippen LogP contribution is -2.46. The fourth-order valence-electron chi connectivity index (χ4n) is 11.1. The molecule has 0 aliphatic carbocycles. The Morgan fingerprint density at radius 1 is 0.396 bits per heavy atom. The molecule has 0 fully saturated rings. The molecule has 0 aliphatic rings. The van der Waals surface area contributed by atoms with E-state index >= 15 is 0 Å². The Morgan fingerprint density at radius 3 is 0.978 bits per heavy atom. The highest BCUT2D eigenvalue weighted by Crippen LogP contribution is 2.38. The van der Waals surface area contributed by atoms with Crippen molar-refractivity contribution in [2.24, 2.45) is 0 Å². The van der Waals surface area contributed by atoms with E-state index in [-0.39, 0.29) is 19.1 Å². The zero-order valence-electron chi connectivity index (χ0n) is 60.3. The molecular weight excluding hydrogens is 1140 g/mol. The smallest absolute Gasteiger partial charge is 0.268 e. The first-order valence-corrected chi connectivity index (χ1v) is 39.8. The van der Waals surface area contributed by atoms with Crippen molar-refractivity contribution in [2.45, 2.75) is 353 Å². The van der Waals surface area contributed by atoms with Crippen LogP contribution in [0.1, 0.15) is 341 Å². The van der Waals surface area contributed by atoms with Crippen molar-refractivity contribution in [2.75, 3.05) is 40.9 Å². The summed E-state index contributed by atoms with van der Waals surface area (Å²) in [6.07, 6.45) is 106. The highest BCUT2D eigenvalue weighted by atomic mass is 31.2. The van der Waals surface area contributed by atoms with E-state index in [0.717, 1.165) is 116 Å². The van der Waals surface area contributed by atoms with Gasteiger partial charge in [0.2, 0.25) is 5.91 Å². The lowest BCUT2D eigenvalue weighted by Gasteiger charge is -2.30. The maximum absolute atomic E-state index is 13.1. The Labute approximate surface area is 564 Å². The zero-order valence-corrected chi connectivity index (χ0v) is 61.2. The molecule has 8 nitrogen and oxygen atoms in total. The third-order valence-electron chi connectivity index (χ3n) is 17.0. The first-order chi connectivity index (χ1) is 44.5. The van der Waals surface area contributed by atoms with Gasteiger partial charge in [0.05, 0.1) is 39.9 Å². The monoisotopic (exact) mass is 1290 g/mol. The van der Waals surface area contributed by atoms with Crippen molar-refractivity contribution in [3.63, 3.8) is 0 Å². The molecule has 0 aromatic carbocycles. The van der Waals surface area contributed by atoms with Gasteiger partial charge < -0.3 is 28.8 Å². The van der Waals surface area contributed by atoms with Crippen LogP contribution in [0.4, 0.5) is 0 Å². The number of hydrogen-bond donors (Lipinski definition) is 2. The standard InChI is InChI=1S/C82H147N2O6P/c1-6-8-10-12-14-16-18-20-22-24-26-28-30-32-34-36-38-40-41-42-43-44-46-48-50-52-54-56-58-60-62-64-66-68-70-72-74-76-82(86)83-80(79-90-91(87,88)89-78-77-84(3,4)5)81(85)75-73-71-69-67-65-63-61-59-57-55-53-51-49-47-45-39-37-35-33-31-29-27-25-23-21-19-17-15-13-11-9-7-2/h8,10,14,16,20,22,26,28,32,34,38,40,42-43,46,48,52,54,58,60,80-81,85H,6-7,9,11-13,15,17-19,21,23-25,27,29-31,33,35-37,39,41,44-45,47,49-51,53,55-57,59,61-79H2,1-5H3,(H-,83,86,87,88)/b10-8-,16-14-,22-20-,28-26-,34-32-,40-38-,43-42-,48-46-,54-52-,60-58-. The number of amides is 1. The number of allylic oxidation sites excluding steroid dienone is 20. The molecule has 91 heavy (non-hydrogen) atoms. The molecule has 0 spiro atoms. The van der Waals surface area contributed by atoms with Crippen molar-refractivity contribution in [3.05, 3.63) is 122 Å². The van der Waals surface area contributed by atoms with Gasteiger partial charge in [-0.3, -0.25) is 9.36 Å². The predicted octanol–water partition coefficient (Wildman–Crippen LogP) is 24.5. The third-order valence-corrected chi connectivity index (χ3v) is 17.9. The molecule has 3 unspecified atom stereocenters. The first kappa shape index (κ1) is 87.9. The average molecular weight is 1290 g/mol. The molecule has 9 heteroatoms. The van der Waals surface area contributed by atoms with E-state index in [4.69, 9.17) is 9.05 Å². The number of phosphoric ester groups is 1. The van der Waals surface area contributed by atoms with Gasteiger partial charge in [-0.25, -0.2) is 0 Å². The second-order valence-electron chi connectivity index (χ2n) is 27.0. The van der Waals surface area contributed by atoms with E-state index in [9.17, 15) is 19.4 Å². The Morgan fingerprint density at radius 2 is 0.670 bits per heavy atom. The van der Waals surface area contributed by atoms with Gasteiger partial charge in [-0.1, -0.05) is 367 Å². The Kier molecular flexibility index (Phi) is 68.8. The lowest BCUT2D eigenvalue weighted by atomic mass is 10.0. The predicted molar refractivity (Wildman–Crippen MR) is 399 cm³/mol. The van der Waals surface area contributed by atoms with Crippen LogP contribution in [0.3, 0.4) is 0 Å². The van der Waals surface area contributed by atoms with Crippen LogP contribution in [0.5, 0.6) is 0 Å². The normalized spacial score (nSPS) is 14.2. The molecule has 0 aromatic heterocycles. The molecule has 0 bridgehead atoms. The molecule has 0 saturated carbocycles. The second-order valence-corrected chi connectivity index (χ2v) is 28.4. The summed E-state index contributed by atoms with van der Waals surface area (Å²) in [5, 5.41) is 14.1. The van der Waals surface area contributed by atoms with Crippen LogP contribution < -0.4 is 10.2 Å². The van der Waals surface area contributed by atoms with Crippen LogP contribution >= 0.6 is 7.82 Å². The molecule has 0 saturated heterocycles. The van der Waals surface area contributed by atoms with Crippen molar-refractivity contribution < 1.29 is 32.9 Å². The highest BCUT2D eigenvalue weighted by Gasteiger charge is 2.24. The number of aliphatic hydroxyl groups is 1. The van der Waals surface area contributed by atoms with Crippen molar-refractivity contribution in [1.82, 2.24) is 5.32 Å². The van der Waals surface area contributed by atoms with Crippen LogP contribution in [0.25, 0.3) is 0 Å². The second kappa shape index (κ2) is 71.2. The summed E-state index contributed by atoms with van der Waals surface area (Å²) in [5.41, 5.74) is 0. The van der Waals surface area contributed by atoms with Gasteiger partial charge in [-0.15, -0.1) is 0 Å². The molecule has 0 rings (SSSR count). The van der Waals surface area contributed by atoms with E-state index in [0.29, 0.717) is 23.9 Å². The zero-order chi connectivity index (χ0) is 66.2. The summed E-state index contributed by atoms with van der Waals surface area (Å²) >= 11 is 0. The molecule has 0 heterocycles. The minimum atomic E-state index is -4.60. The van der Waals surface area contributed by atoms with E-state index in [2.05, 4.69) is 141 Å². The topological polar surface area (TPSA) is 108 Å². The maximum atomic E-state index is 13.1. The SMILES string of the molecule is CC/C=C\C/C=C\C/C=C\C/C=C\C/C=C\C/C=C\C/C=C\C/C=C\C/C=C\C/C=C\CCCCCCCCC(=O)NC(COP(=O)([O-])OCC[N+](C)(C)C)C(O)CCCCCCCCCCCCCCCCCCCCCCCCCCCCCCCCCC. The van der Waals surface area contributed by atoms with Crippen LogP contribution in [-0.4, -0.2) is 68.5 Å². The Balaban J connectivity index is 4.08. The minimum Gasteiger partial charge on any atom is -0.756 e. The first-order valence-electron chi connectivity index (χ1n) is 38.4. The van der Waals surface area contributed by atoms with Crippen molar-refractivity contribution in [1.29, 1.82) is 0 Å². The minimum absolute atomic E-state index is 0.00364. The molecule has 2 N–H and O–H groups in total. The molecule has 1 amide bonds. The van der Waals surface area contributed by atoms with Gasteiger partial charge in [-0.05, 0) is 89.9 Å². The Bertz CT molecular complexity index is 1900. The van der Waals surface area contributed by atoms with Crippen molar-refractivity contribution >= 4 is 13.7 Å². The summed E-state index contributed by atoms with van der Waals surface area (Å²) in [5.74, 6) is -0.179. The highest BCUT2D eigenvalue weighted by molar-refractivity contribution is 7.45. The summed E-state index contributed by atoms with van der Waals surface area (Å²) in [4.78, 5) is 25.7. The molecule has 0 aromatic rings. The number of quaternary nitrogens is 1. The lowest BCUT2D eigenvalue weighted by molar-refractivity contribution is -0.870. The average Bonchev–Trinajstić information content (AvgIpc) is 3.42. The fourth-order valence-corrected chi connectivity index (χ4v) is 11.8. The summed E-state index contributed by atoms with van der Waals surface area (Å²) < 4.78 is 23.6. The largest absolute Gasteiger partial charge is 0.756 e. The quantitative estimate of drug-likeness (QED) is 0.0272. The van der Waals surface area contributed by atoms with Crippen LogP contribution in [-0.2, 0) is 18.4 Å². The third kappa shape index (κ3) is 74.2. The van der Waals surface area contributed by atoms with Gasteiger partial charge in [-0.2, -0.15) is 0 Å². The maximum Gasteiger partial charge on any atom is 0.268 e. The molecule has 0 radical (unpaired) electrons. The number of aliphatic hydroxyl groups excluding tert-OH is 1. The number of rotatable bonds is 70. The number of carbonyl (C=O) groups is 1. The molecule has 3 atom stereocenters. The van der Waals surface area contributed by atoms with Gasteiger partial charge in [0.1, 0.15) is 13.2 Å². The summed E-state index contributed by atoms with van der Waals surface area (Å²) in [7, 11) is 1.29. The number of likely N-dealkylation sites (N-methyl/N-ethyl adjacent to an activating group) is 1. The number of unbranched alkanes of at least 4 members (excludes halogenated alkanes) is 37. The van der Waals surface area contributed by atoms with Crippen LogP contribution in [0.15, 0.2) is 122 Å². The molecule has 526 valence electrons. The fraction of sp³-hybridized carbons (Fsp3) is 0.744.